The van der Waals surface area contributed by atoms with Crippen molar-refractivity contribution < 1.29 is 4.79 Å². The number of nitrogens with one attached hydrogen (secondary N) is 1. The van der Waals surface area contributed by atoms with Crippen LogP contribution in [0.15, 0.2) is 35.1 Å². The molecule has 2 heterocycles. The fraction of sp³-hybridized carbons (Fsp3) is 0.429. The molecule has 0 aliphatic carbocycles. The normalized spacial score (nSPS) is 11.0. The summed E-state index contributed by atoms with van der Waals surface area (Å²) in [5.74, 6) is 0.298. The molecule has 3 aromatic rings. The number of benzene rings is 1. The van der Waals surface area contributed by atoms with E-state index in [1.54, 1.807) is 23.6 Å². The van der Waals surface area contributed by atoms with Gasteiger partial charge in [0.1, 0.15) is 0 Å². The number of rotatable bonds is 8. The van der Waals surface area contributed by atoms with Crippen molar-refractivity contribution >= 4 is 22.8 Å². The first-order chi connectivity index (χ1) is 13.9. The Morgan fingerprint density at radius 3 is 2.62 bits per heavy atom. The molecule has 0 saturated carbocycles. The molecular formula is C21H28N6O2. The average molecular weight is 396 g/mol. The zero-order valence-corrected chi connectivity index (χ0v) is 17.5. The highest BCUT2D eigenvalue weighted by Gasteiger charge is 2.13. The number of carbonyl (C=O) groups is 1. The predicted molar refractivity (Wildman–Crippen MR) is 114 cm³/mol. The minimum absolute atomic E-state index is 0.0717. The summed E-state index contributed by atoms with van der Waals surface area (Å²) in [5, 5.41) is 7.35. The Bertz CT molecular complexity index is 1070. The quantitative estimate of drug-likeness (QED) is 0.588. The van der Waals surface area contributed by atoms with Crippen LogP contribution in [0.25, 0.3) is 11.0 Å². The zero-order valence-electron chi connectivity index (χ0n) is 17.5. The van der Waals surface area contributed by atoms with Gasteiger partial charge < -0.3 is 14.8 Å². The number of nitrogens with zero attached hydrogens (tertiary/aromatic N) is 5. The second kappa shape index (κ2) is 8.89. The Balaban J connectivity index is 1.60. The predicted octanol–water partition coefficient (Wildman–Crippen LogP) is 1.87. The minimum Gasteiger partial charge on any atom is -0.358 e. The maximum Gasteiger partial charge on any atom is 0.293 e. The van der Waals surface area contributed by atoms with Crippen LogP contribution in [0.3, 0.4) is 0 Å². The molecule has 1 N–H and O–H groups in total. The number of aryl methyl sites for hydroxylation is 4. The molecule has 2 aromatic heterocycles. The number of aromatic nitrogens is 4. The first-order valence-electron chi connectivity index (χ1n) is 9.81. The van der Waals surface area contributed by atoms with Gasteiger partial charge in [0, 0.05) is 45.8 Å². The Kier molecular flexibility index (Phi) is 6.31. The van der Waals surface area contributed by atoms with Gasteiger partial charge in [-0.1, -0.05) is 12.1 Å². The molecular weight excluding hydrogens is 368 g/mol. The molecule has 3 rings (SSSR count). The summed E-state index contributed by atoms with van der Waals surface area (Å²) in [6.07, 6.45) is 1.04. The van der Waals surface area contributed by atoms with Crippen molar-refractivity contribution in [3.8, 4) is 0 Å². The first-order valence-corrected chi connectivity index (χ1v) is 9.81. The van der Waals surface area contributed by atoms with Crippen LogP contribution in [0.2, 0.25) is 0 Å². The Labute approximate surface area is 170 Å². The third-order valence-electron chi connectivity index (χ3n) is 4.79. The van der Waals surface area contributed by atoms with Crippen molar-refractivity contribution in [1.82, 2.24) is 24.6 Å². The van der Waals surface area contributed by atoms with Gasteiger partial charge in [-0.3, -0.25) is 14.3 Å². The van der Waals surface area contributed by atoms with Gasteiger partial charge in [-0.2, -0.15) is 5.10 Å². The molecule has 0 bridgehead atoms. The molecule has 0 unspecified atom stereocenters. The average Bonchev–Trinajstić information content (AvgIpc) is 3.01. The van der Waals surface area contributed by atoms with Crippen molar-refractivity contribution in [3.63, 3.8) is 0 Å². The van der Waals surface area contributed by atoms with Crippen LogP contribution in [0.1, 0.15) is 24.2 Å². The second-order valence-electron chi connectivity index (χ2n) is 7.38. The van der Waals surface area contributed by atoms with E-state index in [9.17, 15) is 9.59 Å². The number of para-hydroxylation sites is 2. The minimum atomic E-state index is -0.189. The third kappa shape index (κ3) is 4.82. The highest BCUT2D eigenvalue weighted by atomic mass is 16.2. The summed E-state index contributed by atoms with van der Waals surface area (Å²) < 4.78 is 3.58. The van der Waals surface area contributed by atoms with E-state index in [1.807, 2.05) is 48.9 Å². The van der Waals surface area contributed by atoms with Gasteiger partial charge in [0.2, 0.25) is 5.91 Å². The Morgan fingerprint density at radius 2 is 1.93 bits per heavy atom. The second-order valence-corrected chi connectivity index (χ2v) is 7.38. The Morgan fingerprint density at radius 1 is 1.17 bits per heavy atom. The van der Waals surface area contributed by atoms with Crippen molar-refractivity contribution in [3.05, 3.63) is 52.1 Å². The molecule has 29 heavy (non-hydrogen) atoms. The molecule has 8 heteroatoms. The molecule has 1 amide bonds. The number of hydrogen-bond acceptors (Lipinski definition) is 5. The van der Waals surface area contributed by atoms with E-state index in [-0.39, 0.29) is 17.9 Å². The molecule has 0 fully saturated rings. The lowest BCUT2D eigenvalue weighted by molar-refractivity contribution is -0.121. The first kappa shape index (κ1) is 20.6. The van der Waals surface area contributed by atoms with E-state index in [4.69, 9.17) is 0 Å². The molecule has 1 aromatic carbocycles. The molecule has 154 valence electrons. The summed E-state index contributed by atoms with van der Waals surface area (Å²) in [5.41, 5.74) is 3.40. The van der Waals surface area contributed by atoms with Gasteiger partial charge in [0.15, 0.2) is 5.82 Å². The lowest BCUT2D eigenvalue weighted by Crippen LogP contribution is -2.31. The summed E-state index contributed by atoms with van der Waals surface area (Å²) in [6.45, 7) is 5.65. The topological polar surface area (TPSA) is 85.0 Å². The fourth-order valence-corrected chi connectivity index (χ4v) is 3.35. The van der Waals surface area contributed by atoms with Crippen molar-refractivity contribution in [2.24, 2.45) is 0 Å². The highest BCUT2D eigenvalue weighted by molar-refractivity contribution is 5.78. The maximum absolute atomic E-state index is 12.8. The van der Waals surface area contributed by atoms with Crippen molar-refractivity contribution in [2.75, 3.05) is 25.5 Å². The van der Waals surface area contributed by atoms with Gasteiger partial charge in [0.05, 0.1) is 16.7 Å². The number of anilines is 1. The van der Waals surface area contributed by atoms with Crippen LogP contribution >= 0.6 is 0 Å². The van der Waals surface area contributed by atoms with Gasteiger partial charge in [-0.25, -0.2) is 4.98 Å². The van der Waals surface area contributed by atoms with E-state index in [0.29, 0.717) is 18.9 Å². The van der Waals surface area contributed by atoms with Crippen LogP contribution in [0, 0.1) is 13.8 Å². The number of carbonyl (C=O) groups excluding carboxylic acids is 1. The largest absolute Gasteiger partial charge is 0.358 e. The van der Waals surface area contributed by atoms with Gasteiger partial charge in [-0.05, 0) is 38.5 Å². The van der Waals surface area contributed by atoms with Gasteiger partial charge in [-0.15, -0.1) is 0 Å². The fourth-order valence-electron chi connectivity index (χ4n) is 3.35. The van der Waals surface area contributed by atoms with Crippen LogP contribution in [0.4, 0.5) is 5.82 Å². The van der Waals surface area contributed by atoms with Crippen LogP contribution in [-0.4, -0.2) is 45.9 Å². The molecule has 0 radical (unpaired) electrons. The van der Waals surface area contributed by atoms with Crippen molar-refractivity contribution in [1.29, 1.82) is 0 Å². The summed E-state index contributed by atoms with van der Waals surface area (Å²) in [6, 6.07) is 9.53. The molecule has 0 aliphatic rings. The van der Waals surface area contributed by atoms with Gasteiger partial charge in [0.25, 0.3) is 5.56 Å². The number of fused-ring (bicyclic) bond motifs is 1. The van der Waals surface area contributed by atoms with E-state index < -0.39 is 0 Å². The van der Waals surface area contributed by atoms with E-state index in [1.165, 1.54) is 0 Å². The summed E-state index contributed by atoms with van der Waals surface area (Å²) >= 11 is 0. The summed E-state index contributed by atoms with van der Waals surface area (Å²) in [7, 11) is 3.58. The SMILES string of the molecule is Cc1cc(C)n(CCCNC(=O)CCn2c(=O)c(N(C)C)nc3ccccc32)n1. The van der Waals surface area contributed by atoms with E-state index in [2.05, 4.69) is 15.4 Å². The molecule has 8 nitrogen and oxygen atoms in total. The van der Waals surface area contributed by atoms with Crippen molar-refractivity contribution in [2.45, 2.75) is 39.8 Å². The molecule has 0 aliphatic heterocycles. The smallest absolute Gasteiger partial charge is 0.293 e. The number of amides is 1. The standard InChI is InChI=1S/C21H28N6O2/c1-15-14-16(2)27(24-15)12-7-11-22-19(28)10-13-26-18-9-6-5-8-17(18)23-20(21(26)29)25(3)4/h5-6,8-9,14H,7,10-13H2,1-4H3,(H,22,28). The third-order valence-corrected chi connectivity index (χ3v) is 4.79. The van der Waals surface area contributed by atoms with Crippen LogP contribution in [-0.2, 0) is 17.9 Å². The molecule has 0 saturated heterocycles. The lowest BCUT2D eigenvalue weighted by atomic mass is 10.2. The highest BCUT2D eigenvalue weighted by Crippen LogP contribution is 2.13. The number of hydrogen-bond donors (Lipinski definition) is 1. The maximum atomic E-state index is 12.8. The summed E-state index contributed by atoms with van der Waals surface area (Å²) in [4.78, 5) is 31.2. The van der Waals surface area contributed by atoms with E-state index in [0.717, 1.165) is 35.4 Å². The Hall–Kier alpha value is -3.16. The monoisotopic (exact) mass is 396 g/mol. The lowest BCUT2D eigenvalue weighted by Gasteiger charge is -2.16. The molecule has 0 spiro atoms. The van der Waals surface area contributed by atoms with E-state index >= 15 is 0 Å². The molecule has 0 atom stereocenters. The van der Waals surface area contributed by atoms with Crippen LogP contribution in [0.5, 0.6) is 0 Å². The van der Waals surface area contributed by atoms with Crippen LogP contribution < -0.4 is 15.8 Å². The zero-order chi connectivity index (χ0) is 21.0. The van der Waals surface area contributed by atoms with Gasteiger partial charge >= 0.3 is 0 Å².